The zero-order valence-electron chi connectivity index (χ0n) is 11.9. The molecule has 1 aliphatic carbocycles. The Kier molecular flexibility index (Phi) is 4.77. The number of nitrogens with zero attached hydrogens (tertiary/aromatic N) is 1. The number of benzene rings is 1. The first-order valence-electron chi connectivity index (χ1n) is 7.32. The minimum absolute atomic E-state index is 0.290. The van der Waals surface area contributed by atoms with Crippen molar-refractivity contribution in [2.24, 2.45) is 0 Å². The SMILES string of the molecule is CCNC(c1cc(Br)ccc1Br)C1CCc2cccnc21. The van der Waals surface area contributed by atoms with Crippen molar-refractivity contribution in [3.05, 3.63) is 62.3 Å². The van der Waals surface area contributed by atoms with Gasteiger partial charge < -0.3 is 5.32 Å². The van der Waals surface area contributed by atoms with E-state index in [1.165, 1.54) is 16.8 Å². The van der Waals surface area contributed by atoms with Crippen LogP contribution in [0.25, 0.3) is 0 Å². The van der Waals surface area contributed by atoms with Crippen molar-refractivity contribution in [3.63, 3.8) is 0 Å². The van der Waals surface area contributed by atoms with E-state index < -0.39 is 0 Å². The molecule has 0 amide bonds. The molecule has 21 heavy (non-hydrogen) atoms. The van der Waals surface area contributed by atoms with Crippen molar-refractivity contribution >= 4 is 31.9 Å². The smallest absolute Gasteiger partial charge is 0.0485 e. The molecule has 0 saturated carbocycles. The van der Waals surface area contributed by atoms with Crippen molar-refractivity contribution in [3.8, 4) is 0 Å². The fourth-order valence-corrected chi connectivity index (χ4v) is 4.08. The molecule has 1 heterocycles. The van der Waals surface area contributed by atoms with E-state index in [9.17, 15) is 0 Å². The van der Waals surface area contributed by atoms with Crippen LogP contribution >= 0.6 is 31.9 Å². The Bertz CT molecular complexity index is 642. The van der Waals surface area contributed by atoms with Gasteiger partial charge in [0, 0.05) is 32.8 Å². The molecule has 1 N–H and O–H groups in total. The molecule has 1 aromatic heterocycles. The Morgan fingerprint density at radius 2 is 2.19 bits per heavy atom. The van der Waals surface area contributed by atoms with Crippen LogP contribution < -0.4 is 5.32 Å². The summed E-state index contributed by atoms with van der Waals surface area (Å²) in [6.45, 7) is 3.11. The zero-order valence-corrected chi connectivity index (χ0v) is 15.1. The molecule has 0 saturated heterocycles. The Balaban J connectivity index is 2.01. The largest absolute Gasteiger partial charge is 0.310 e. The van der Waals surface area contributed by atoms with Crippen LogP contribution in [0.2, 0.25) is 0 Å². The predicted molar refractivity (Wildman–Crippen MR) is 93.6 cm³/mol. The standard InChI is InChI=1S/C17H18Br2N2/c1-2-20-17(14-10-12(18)6-8-15(14)19)13-7-5-11-4-3-9-21-16(11)13/h3-4,6,8-10,13,17,20H,2,5,7H2,1H3. The second-order valence-corrected chi connectivity index (χ2v) is 7.16. The molecule has 2 atom stereocenters. The third-order valence-corrected chi connectivity index (χ3v) is 5.34. The monoisotopic (exact) mass is 408 g/mol. The van der Waals surface area contributed by atoms with Gasteiger partial charge in [0.15, 0.2) is 0 Å². The number of likely N-dealkylation sites (N-methyl/N-ethyl adjacent to an activating group) is 1. The number of fused-ring (bicyclic) bond motifs is 1. The Hall–Kier alpha value is -0.710. The van der Waals surface area contributed by atoms with Crippen molar-refractivity contribution in [1.82, 2.24) is 10.3 Å². The van der Waals surface area contributed by atoms with Gasteiger partial charge in [-0.2, -0.15) is 0 Å². The molecule has 2 unspecified atom stereocenters. The van der Waals surface area contributed by atoms with Crippen molar-refractivity contribution in [2.45, 2.75) is 31.7 Å². The number of nitrogens with one attached hydrogen (secondary N) is 1. The maximum absolute atomic E-state index is 4.65. The van der Waals surface area contributed by atoms with Gasteiger partial charge in [-0.05, 0) is 54.8 Å². The summed E-state index contributed by atoms with van der Waals surface area (Å²) in [5.41, 5.74) is 3.96. The van der Waals surface area contributed by atoms with Gasteiger partial charge >= 0.3 is 0 Å². The van der Waals surface area contributed by atoms with Gasteiger partial charge in [-0.15, -0.1) is 0 Å². The molecule has 0 radical (unpaired) electrons. The Morgan fingerprint density at radius 3 is 3.00 bits per heavy atom. The minimum atomic E-state index is 0.290. The lowest BCUT2D eigenvalue weighted by Crippen LogP contribution is -2.27. The molecule has 0 spiro atoms. The van der Waals surface area contributed by atoms with Crippen LogP contribution in [-0.4, -0.2) is 11.5 Å². The maximum atomic E-state index is 4.65. The van der Waals surface area contributed by atoms with E-state index in [1.54, 1.807) is 0 Å². The van der Waals surface area contributed by atoms with Crippen molar-refractivity contribution in [2.75, 3.05) is 6.54 Å². The van der Waals surface area contributed by atoms with E-state index in [4.69, 9.17) is 0 Å². The van der Waals surface area contributed by atoms with Crippen LogP contribution in [0.5, 0.6) is 0 Å². The van der Waals surface area contributed by atoms with E-state index in [2.05, 4.69) is 73.3 Å². The Morgan fingerprint density at radius 1 is 1.33 bits per heavy atom. The molecule has 1 aromatic carbocycles. The van der Waals surface area contributed by atoms with Gasteiger partial charge in [-0.3, -0.25) is 4.98 Å². The number of aryl methyl sites for hydroxylation is 1. The number of hydrogen-bond acceptors (Lipinski definition) is 2. The van der Waals surface area contributed by atoms with Gasteiger partial charge in [-0.1, -0.05) is 44.8 Å². The summed E-state index contributed by atoms with van der Waals surface area (Å²) in [6, 6.07) is 10.9. The van der Waals surface area contributed by atoms with E-state index in [0.29, 0.717) is 5.92 Å². The number of rotatable bonds is 4. The summed E-state index contributed by atoms with van der Waals surface area (Å²) in [5.74, 6) is 0.437. The number of halogens is 2. The molecule has 0 bridgehead atoms. The van der Waals surface area contributed by atoms with Crippen LogP contribution in [0.4, 0.5) is 0 Å². The van der Waals surface area contributed by atoms with Crippen LogP contribution in [0.15, 0.2) is 45.5 Å². The highest BCUT2D eigenvalue weighted by molar-refractivity contribution is 9.11. The average molecular weight is 410 g/mol. The highest BCUT2D eigenvalue weighted by Gasteiger charge is 2.32. The van der Waals surface area contributed by atoms with Gasteiger partial charge in [0.1, 0.15) is 0 Å². The second-order valence-electron chi connectivity index (χ2n) is 5.39. The summed E-state index contributed by atoms with van der Waals surface area (Å²) in [5, 5.41) is 3.66. The summed E-state index contributed by atoms with van der Waals surface area (Å²) < 4.78 is 2.27. The molecule has 1 aliphatic rings. The highest BCUT2D eigenvalue weighted by atomic mass is 79.9. The molecule has 110 valence electrons. The lowest BCUT2D eigenvalue weighted by atomic mass is 9.90. The van der Waals surface area contributed by atoms with Gasteiger partial charge in [0.25, 0.3) is 0 Å². The first-order valence-corrected chi connectivity index (χ1v) is 8.91. The molecular formula is C17H18Br2N2. The fraction of sp³-hybridized carbons (Fsp3) is 0.353. The summed E-state index contributed by atoms with van der Waals surface area (Å²) in [7, 11) is 0. The third-order valence-electron chi connectivity index (χ3n) is 4.12. The van der Waals surface area contributed by atoms with Crippen LogP contribution in [-0.2, 0) is 6.42 Å². The van der Waals surface area contributed by atoms with E-state index in [1.807, 2.05) is 12.3 Å². The van der Waals surface area contributed by atoms with Crippen LogP contribution in [0, 0.1) is 0 Å². The number of hydrogen-bond donors (Lipinski definition) is 1. The second kappa shape index (κ2) is 6.59. The number of aromatic nitrogens is 1. The van der Waals surface area contributed by atoms with Crippen molar-refractivity contribution in [1.29, 1.82) is 0 Å². The fourth-order valence-electron chi connectivity index (χ4n) is 3.21. The molecule has 4 heteroatoms. The normalized spacial score (nSPS) is 18.5. The first-order chi connectivity index (χ1) is 10.2. The third kappa shape index (κ3) is 3.08. The Labute approximate surface area is 142 Å². The summed E-state index contributed by atoms with van der Waals surface area (Å²) in [4.78, 5) is 4.65. The molecular weight excluding hydrogens is 392 g/mol. The highest BCUT2D eigenvalue weighted by Crippen LogP contribution is 2.42. The molecule has 2 aromatic rings. The lowest BCUT2D eigenvalue weighted by Gasteiger charge is -2.26. The van der Waals surface area contributed by atoms with Gasteiger partial charge in [0.05, 0.1) is 0 Å². The molecule has 0 fully saturated rings. The summed E-state index contributed by atoms with van der Waals surface area (Å²) in [6.07, 6.45) is 4.19. The van der Waals surface area contributed by atoms with Gasteiger partial charge in [-0.25, -0.2) is 0 Å². The number of pyridine rings is 1. The molecule has 0 aliphatic heterocycles. The molecule has 2 nitrogen and oxygen atoms in total. The average Bonchev–Trinajstić information content (AvgIpc) is 2.91. The predicted octanol–water partition coefficient (Wildman–Crippen LogP) is 4.99. The van der Waals surface area contributed by atoms with E-state index in [-0.39, 0.29) is 6.04 Å². The van der Waals surface area contributed by atoms with E-state index >= 15 is 0 Å². The first kappa shape index (κ1) is 15.2. The van der Waals surface area contributed by atoms with Crippen LogP contribution in [0.1, 0.15) is 42.1 Å². The van der Waals surface area contributed by atoms with Crippen molar-refractivity contribution < 1.29 is 0 Å². The topological polar surface area (TPSA) is 24.9 Å². The minimum Gasteiger partial charge on any atom is -0.310 e. The zero-order chi connectivity index (χ0) is 14.8. The quantitative estimate of drug-likeness (QED) is 0.769. The van der Waals surface area contributed by atoms with E-state index in [0.717, 1.165) is 28.3 Å². The molecule has 3 rings (SSSR count). The van der Waals surface area contributed by atoms with Crippen LogP contribution in [0.3, 0.4) is 0 Å². The van der Waals surface area contributed by atoms with Gasteiger partial charge in [0.2, 0.25) is 0 Å². The maximum Gasteiger partial charge on any atom is 0.0485 e. The summed E-state index contributed by atoms with van der Waals surface area (Å²) >= 11 is 7.30. The lowest BCUT2D eigenvalue weighted by molar-refractivity contribution is 0.446.